The molecule has 4 fully saturated rings. The van der Waals surface area contributed by atoms with Crippen LogP contribution in [0.4, 0.5) is 13.2 Å². The van der Waals surface area contributed by atoms with Gasteiger partial charge in [0.25, 0.3) is 0 Å². The summed E-state index contributed by atoms with van der Waals surface area (Å²) in [5, 5.41) is -0.614. The van der Waals surface area contributed by atoms with Gasteiger partial charge in [0.2, 0.25) is 0 Å². The molecule has 2 saturated carbocycles. The number of nitrogens with two attached hydrogens (primary N) is 3. The zero-order valence-electron chi connectivity index (χ0n) is 21.2. The first-order valence-corrected chi connectivity index (χ1v) is 13.1. The zero-order chi connectivity index (χ0) is 26.8. The van der Waals surface area contributed by atoms with Crippen LogP contribution in [0.5, 0.6) is 0 Å². The van der Waals surface area contributed by atoms with Crippen LogP contribution in [0.15, 0.2) is 36.3 Å². The minimum Gasteiger partial charge on any atom is -0.398 e. The molecule has 38 heavy (non-hydrogen) atoms. The van der Waals surface area contributed by atoms with Gasteiger partial charge < -0.3 is 26.8 Å². The highest BCUT2D eigenvalue weighted by molar-refractivity contribution is 6.40. The van der Waals surface area contributed by atoms with Gasteiger partial charge in [-0.2, -0.15) is 13.2 Å². The maximum Gasteiger partial charge on any atom is 0.434 e. The molecule has 1 spiro atoms. The van der Waals surface area contributed by atoms with Crippen molar-refractivity contribution in [1.29, 1.82) is 0 Å². The van der Waals surface area contributed by atoms with Gasteiger partial charge in [-0.25, -0.2) is 0 Å². The molecule has 3 atom stereocenters. The number of likely N-dealkylation sites (tertiary alicyclic amines) is 1. The van der Waals surface area contributed by atoms with Crippen LogP contribution >= 0.6 is 0 Å². The summed E-state index contributed by atoms with van der Waals surface area (Å²) in [4.78, 5) is 5.68. The number of hydrogen-bond donors (Lipinski definition) is 3. The largest absolute Gasteiger partial charge is 0.434 e. The van der Waals surface area contributed by atoms with Crippen molar-refractivity contribution < 1.29 is 17.9 Å². The maximum absolute atomic E-state index is 12.6. The van der Waals surface area contributed by atoms with Crippen LogP contribution in [0.2, 0.25) is 0 Å². The molecule has 2 aliphatic carbocycles. The summed E-state index contributed by atoms with van der Waals surface area (Å²) in [7, 11) is 13.3. The first-order valence-electron chi connectivity index (χ1n) is 13.1. The summed E-state index contributed by atoms with van der Waals surface area (Å²) in [5.74, 6) is 2.07. The molecule has 3 unspecified atom stereocenters. The second kappa shape index (κ2) is 11.9. The Hall–Kier alpha value is -2.13. The molecule has 4 radical (unpaired) electrons. The minimum atomic E-state index is -4.56. The second-order valence-electron chi connectivity index (χ2n) is 11.0. The predicted octanol–water partition coefficient (Wildman–Crippen LogP) is 3.85. The highest BCUT2D eigenvalue weighted by Crippen LogP contribution is 2.48. The molecule has 5 rings (SSSR count). The van der Waals surface area contributed by atoms with Crippen molar-refractivity contribution in [3.63, 3.8) is 0 Å². The third kappa shape index (κ3) is 6.71. The fourth-order valence-electron chi connectivity index (χ4n) is 6.29. The van der Waals surface area contributed by atoms with Crippen LogP contribution in [0.1, 0.15) is 70.1 Å². The average Bonchev–Trinajstić information content (AvgIpc) is 3.45. The monoisotopic (exact) mass is 529 g/mol. The third-order valence-corrected chi connectivity index (χ3v) is 8.53. The zero-order valence-corrected chi connectivity index (χ0v) is 21.2. The number of alkyl halides is 3. The lowest BCUT2D eigenvalue weighted by Gasteiger charge is -2.53. The molecule has 2 aliphatic heterocycles. The lowest BCUT2D eigenvalue weighted by atomic mass is 9.50. The summed E-state index contributed by atoms with van der Waals surface area (Å²) >= 11 is 0. The second-order valence-corrected chi connectivity index (χ2v) is 11.0. The standard InChI is InChI=1S/C16H25B2NO.C10H11F3N4.CH4/c17-16(18,19-10-12-3-1-4-13(12)11-19)14-5-8-20-15(9-14)6-2-7-15;11-10(12,13)9-6(2-1-5-17-9)7(14)3-4-8(15)16;/h12-14H,1-11H2;1-5H,14-16H2;1H4/b;7-3-;. The molecule has 3 heterocycles. The molecule has 6 nitrogen and oxygen atoms in total. The van der Waals surface area contributed by atoms with Crippen molar-refractivity contribution in [3.8, 4) is 0 Å². The molecule has 1 aromatic rings. The van der Waals surface area contributed by atoms with Crippen molar-refractivity contribution in [2.24, 2.45) is 35.0 Å². The number of hydrogen-bond acceptors (Lipinski definition) is 6. The van der Waals surface area contributed by atoms with Gasteiger partial charge in [0.05, 0.1) is 27.1 Å². The number of nitrogens with zero attached hydrogens (tertiary/aromatic N) is 2. The summed E-state index contributed by atoms with van der Waals surface area (Å²) in [6.45, 7) is 3.10. The van der Waals surface area contributed by atoms with E-state index in [9.17, 15) is 13.2 Å². The number of ether oxygens (including phenoxy) is 1. The molecule has 0 amide bonds. The number of fused-ring (bicyclic) bond motifs is 1. The van der Waals surface area contributed by atoms with Crippen molar-refractivity contribution in [1.82, 2.24) is 9.88 Å². The van der Waals surface area contributed by atoms with Crippen molar-refractivity contribution in [2.75, 3.05) is 19.7 Å². The predicted molar refractivity (Wildman–Crippen MR) is 146 cm³/mol. The fourth-order valence-corrected chi connectivity index (χ4v) is 6.29. The van der Waals surface area contributed by atoms with Crippen LogP contribution in [-0.4, -0.2) is 56.2 Å². The van der Waals surface area contributed by atoms with Crippen LogP contribution in [0, 0.1) is 17.8 Å². The Morgan fingerprint density at radius 3 is 2.26 bits per heavy atom. The Bertz CT molecular complexity index is 997. The smallest absolute Gasteiger partial charge is 0.398 e. The summed E-state index contributed by atoms with van der Waals surface area (Å²) in [6.07, 6.45) is 8.91. The minimum absolute atomic E-state index is 0. The number of pyridine rings is 1. The highest BCUT2D eigenvalue weighted by atomic mass is 19.4. The summed E-state index contributed by atoms with van der Waals surface area (Å²) in [6, 6.07) is 2.59. The molecule has 2 saturated heterocycles. The Morgan fingerprint density at radius 1 is 1.05 bits per heavy atom. The van der Waals surface area contributed by atoms with E-state index in [0.29, 0.717) is 5.92 Å². The van der Waals surface area contributed by atoms with E-state index >= 15 is 0 Å². The molecular weight excluding hydrogens is 489 g/mol. The van der Waals surface area contributed by atoms with Gasteiger partial charge in [-0.1, -0.05) is 19.2 Å². The Labute approximate surface area is 227 Å². The van der Waals surface area contributed by atoms with Gasteiger partial charge in [0, 0.05) is 37.2 Å². The van der Waals surface area contributed by atoms with Gasteiger partial charge in [-0.3, -0.25) is 4.98 Å². The van der Waals surface area contributed by atoms with E-state index in [4.69, 9.17) is 37.6 Å². The van der Waals surface area contributed by atoms with E-state index in [0.717, 1.165) is 50.6 Å². The number of rotatable bonds is 4. The van der Waals surface area contributed by atoms with Gasteiger partial charge in [-0.05, 0) is 87.0 Å². The normalized spacial score (nSPS) is 26.9. The SMILES string of the molecule is C.NC(N)=C/C=C(\N)c1cccnc1C(F)(F)F.[B]C([B])(C1CCOC2(CCC2)C1)N1CC2CCCC2C1. The first-order chi connectivity index (χ1) is 17.4. The maximum atomic E-state index is 12.6. The Morgan fingerprint density at radius 2 is 1.71 bits per heavy atom. The molecule has 6 N–H and O–H groups in total. The van der Waals surface area contributed by atoms with Crippen LogP contribution in [0.25, 0.3) is 5.70 Å². The number of allylic oxidation sites excluding steroid dienone is 2. The van der Waals surface area contributed by atoms with E-state index in [-0.39, 0.29) is 30.1 Å². The van der Waals surface area contributed by atoms with Gasteiger partial charge in [-0.15, -0.1) is 0 Å². The first kappa shape index (κ1) is 30.4. The van der Waals surface area contributed by atoms with E-state index in [1.165, 1.54) is 62.8 Å². The third-order valence-electron chi connectivity index (χ3n) is 8.53. The van der Waals surface area contributed by atoms with Crippen molar-refractivity contribution in [3.05, 3.63) is 47.6 Å². The lowest BCUT2D eigenvalue weighted by Crippen LogP contribution is -2.59. The number of aromatic nitrogens is 1. The molecule has 11 heteroatoms. The molecular formula is C27H40B2F3N5O. The van der Waals surface area contributed by atoms with Gasteiger partial charge in [0.1, 0.15) is 0 Å². The summed E-state index contributed by atoms with van der Waals surface area (Å²) < 4.78 is 43.8. The molecule has 0 aromatic carbocycles. The van der Waals surface area contributed by atoms with E-state index in [1.54, 1.807) is 0 Å². The van der Waals surface area contributed by atoms with Crippen molar-refractivity contribution in [2.45, 2.75) is 75.9 Å². The lowest BCUT2D eigenvalue weighted by molar-refractivity contribution is -0.150. The molecule has 0 bridgehead atoms. The molecule has 206 valence electrons. The average molecular weight is 529 g/mol. The van der Waals surface area contributed by atoms with Gasteiger partial charge >= 0.3 is 6.18 Å². The number of halogens is 3. The van der Waals surface area contributed by atoms with Crippen LogP contribution in [0.3, 0.4) is 0 Å². The fraction of sp³-hybridized carbons (Fsp3) is 0.667. The van der Waals surface area contributed by atoms with Crippen LogP contribution in [-0.2, 0) is 10.9 Å². The Kier molecular flexibility index (Phi) is 9.56. The summed E-state index contributed by atoms with van der Waals surface area (Å²) in [5.41, 5.74) is 14.6. The Balaban J connectivity index is 0.000000209. The van der Waals surface area contributed by atoms with E-state index in [1.807, 2.05) is 0 Å². The highest BCUT2D eigenvalue weighted by Gasteiger charge is 2.49. The quantitative estimate of drug-likeness (QED) is 0.405. The molecule has 4 aliphatic rings. The van der Waals surface area contributed by atoms with E-state index < -0.39 is 17.2 Å². The topological polar surface area (TPSA) is 103 Å². The van der Waals surface area contributed by atoms with Crippen LogP contribution < -0.4 is 17.2 Å². The van der Waals surface area contributed by atoms with Crippen molar-refractivity contribution >= 4 is 21.4 Å². The van der Waals surface area contributed by atoms with Gasteiger partial charge in [0.15, 0.2) is 5.69 Å². The molecule has 1 aromatic heterocycles. The van der Waals surface area contributed by atoms with E-state index in [2.05, 4.69) is 9.88 Å².